The molecule has 1 saturated heterocycles. The van der Waals surface area contributed by atoms with Crippen LogP contribution in [0.1, 0.15) is 22.5 Å². The van der Waals surface area contributed by atoms with Crippen LogP contribution in [0.15, 0.2) is 12.1 Å². The number of likely N-dealkylation sites (tertiary alicyclic amines) is 1. The molecule has 2 rings (SSSR count). The highest BCUT2D eigenvalue weighted by molar-refractivity contribution is 6.29. The van der Waals surface area contributed by atoms with Crippen molar-refractivity contribution in [2.24, 2.45) is 5.92 Å². The van der Waals surface area contributed by atoms with Crippen molar-refractivity contribution >= 4 is 17.5 Å². The Morgan fingerprint density at radius 2 is 2.39 bits per heavy atom. The van der Waals surface area contributed by atoms with E-state index in [2.05, 4.69) is 22.2 Å². The van der Waals surface area contributed by atoms with Crippen LogP contribution in [-0.4, -0.2) is 42.5 Å². The minimum atomic E-state index is -0.0723. The molecular weight excluding hydrogens is 250 g/mol. The molecule has 1 amide bonds. The monoisotopic (exact) mass is 267 g/mol. The summed E-state index contributed by atoms with van der Waals surface area (Å²) in [4.78, 5) is 18.3. The quantitative estimate of drug-likeness (QED) is 0.849. The van der Waals surface area contributed by atoms with Crippen LogP contribution in [-0.2, 0) is 0 Å². The molecule has 1 fully saturated rings. The lowest BCUT2D eigenvalue weighted by atomic mass is 10.1. The van der Waals surface area contributed by atoms with Crippen LogP contribution < -0.4 is 5.32 Å². The Morgan fingerprint density at radius 1 is 1.61 bits per heavy atom. The molecular formula is C13H18ClN3O. The molecule has 5 heteroatoms. The number of nitrogens with zero attached hydrogens (tertiary/aromatic N) is 2. The second-order valence-electron chi connectivity index (χ2n) is 4.95. The number of amides is 1. The molecule has 0 spiro atoms. The second kappa shape index (κ2) is 5.67. The lowest BCUT2D eigenvalue weighted by Crippen LogP contribution is -2.30. The lowest BCUT2D eigenvalue weighted by molar-refractivity contribution is 0.0947. The van der Waals surface area contributed by atoms with Crippen molar-refractivity contribution in [3.63, 3.8) is 0 Å². The smallest absolute Gasteiger partial charge is 0.251 e. The summed E-state index contributed by atoms with van der Waals surface area (Å²) in [6.45, 7) is 4.72. The molecule has 1 aliphatic heterocycles. The van der Waals surface area contributed by atoms with E-state index < -0.39 is 0 Å². The number of hydrogen-bond donors (Lipinski definition) is 1. The molecule has 0 aromatic carbocycles. The van der Waals surface area contributed by atoms with Crippen molar-refractivity contribution in [1.82, 2.24) is 15.2 Å². The number of aryl methyl sites for hydroxylation is 1. The van der Waals surface area contributed by atoms with Gasteiger partial charge < -0.3 is 10.2 Å². The number of hydrogen-bond acceptors (Lipinski definition) is 3. The Labute approximate surface area is 112 Å². The summed E-state index contributed by atoms with van der Waals surface area (Å²) in [5.41, 5.74) is 1.34. The van der Waals surface area contributed by atoms with Gasteiger partial charge in [0.05, 0.1) is 0 Å². The van der Waals surface area contributed by atoms with Gasteiger partial charge in [-0.05, 0) is 45.0 Å². The molecule has 0 radical (unpaired) electrons. The van der Waals surface area contributed by atoms with Gasteiger partial charge in [-0.25, -0.2) is 4.98 Å². The molecule has 0 bridgehead atoms. The van der Waals surface area contributed by atoms with E-state index in [0.717, 1.165) is 31.7 Å². The summed E-state index contributed by atoms with van der Waals surface area (Å²) < 4.78 is 0. The SMILES string of the molecule is Cc1cc(C(=O)NCC2CCN(C)C2)cc(Cl)n1. The predicted molar refractivity (Wildman–Crippen MR) is 71.9 cm³/mol. The number of carbonyl (C=O) groups is 1. The fourth-order valence-corrected chi connectivity index (χ4v) is 2.54. The Hall–Kier alpha value is -1.13. The first-order valence-electron chi connectivity index (χ1n) is 6.15. The number of halogens is 1. The second-order valence-corrected chi connectivity index (χ2v) is 5.33. The number of pyridine rings is 1. The van der Waals surface area contributed by atoms with Gasteiger partial charge in [-0.3, -0.25) is 4.79 Å². The first-order chi connectivity index (χ1) is 8.54. The highest BCUT2D eigenvalue weighted by Gasteiger charge is 2.20. The average molecular weight is 268 g/mol. The Kier molecular flexibility index (Phi) is 4.19. The maximum Gasteiger partial charge on any atom is 0.251 e. The Bertz CT molecular complexity index is 430. The minimum absolute atomic E-state index is 0.0723. The van der Waals surface area contributed by atoms with Crippen LogP contribution in [0.3, 0.4) is 0 Å². The van der Waals surface area contributed by atoms with Gasteiger partial charge in [-0.15, -0.1) is 0 Å². The topological polar surface area (TPSA) is 45.2 Å². The number of nitrogens with one attached hydrogen (secondary N) is 1. The highest BCUT2D eigenvalue weighted by atomic mass is 35.5. The number of rotatable bonds is 3. The van der Waals surface area contributed by atoms with Crippen molar-refractivity contribution in [2.45, 2.75) is 13.3 Å². The number of carbonyl (C=O) groups excluding carboxylic acids is 1. The summed E-state index contributed by atoms with van der Waals surface area (Å²) in [6.07, 6.45) is 1.15. The maximum absolute atomic E-state index is 12.0. The van der Waals surface area contributed by atoms with E-state index >= 15 is 0 Å². The Balaban J connectivity index is 1.91. The van der Waals surface area contributed by atoms with Gasteiger partial charge in [-0.1, -0.05) is 11.6 Å². The van der Waals surface area contributed by atoms with Crippen LogP contribution in [0.5, 0.6) is 0 Å². The first kappa shape index (κ1) is 13.3. The molecule has 1 aromatic rings. The largest absolute Gasteiger partial charge is 0.352 e. The number of aromatic nitrogens is 1. The minimum Gasteiger partial charge on any atom is -0.352 e. The van der Waals surface area contributed by atoms with Gasteiger partial charge in [0.15, 0.2) is 0 Å². The fourth-order valence-electron chi connectivity index (χ4n) is 2.29. The molecule has 0 saturated carbocycles. The van der Waals surface area contributed by atoms with Crippen molar-refractivity contribution in [3.05, 3.63) is 28.5 Å². The molecule has 1 N–H and O–H groups in total. The van der Waals surface area contributed by atoms with Gasteiger partial charge in [0.25, 0.3) is 5.91 Å². The van der Waals surface area contributed by atoms with Crippen molar-refractivity contribution in [1.29, 1.82) is 0 Å². The zero-order chi connectivity index (χ0) is 13.1. The van der Waals surface area contributed by atoms with E-state index in [-0.39, 0.29) is 5.91 Å². The van der Waals surface area contributed by atoms with E-state index in [1.165, 1.54) is 0 Å². The molecule has 1 aromatic heterocycles. The third-order valence-corrected chi connectivity index (χ3v) is 3.42. The van der Waals surface area contributed by atoms with Crippen LogP contribution in [0, 0.1) is 12.8 Å². The normalized spacial score (nSPS) is 20.1. The van der Waals surface area contributed by atoms with Gasteiger partial charge in [0.1, 0.15) is 5.15 Å². The fraction of sp³-hybridized carbons (Fsp3) is 0.538. The lowest BCUT2D eigenvalue weighted by Gasteiger charge is -2.12. The zero-order valence-electron chi connectivity index (χ0n) is 10.7. The van der Waals surface area contributed by atoms with Crippen molar-refractivity contribution in [2.75, 3.05) is 26.7 Å². The zero-order valence-corrected chi connectivity index (χ0v) is 11.5. The van der Waals surface area contributed by atoms with Crippen LogP contribution in [0.25, 0.3) is 0 Å². The molecule has 98 valence electrons. The van der Waals surface area contributed by atoms with Gasteiger partial charge in [0.2, 0.25) is 0 Å². The molecule has 0 aliphatic carbocycles. The summed E-state index contributed by atoms with van der Waals surface area (Å²) in [5, 5.41) is 3.33. The third-order valence-electron chi connectivity index (χ3n) is 3.22. The molecule has 1 unspecified atom stereocenters. The standard InChI is InChI=1S/C13H18ClN3O/c1-9-5-11(6-12(14)16-9)13(18)15-7-10-3-4-17(2)8-10/h5-6,10H,3-4,7-8H2,1-2H3,(H,15,18). The molecule has 18 heavy (non-hydrogen) atoms. The van der Waals surface area contributed by atoms with Crippen molar-refractivity contribution < 1.29 is 4.79 Å². The first-order valence-corrected chi connectivity index (χ1v) is 6.53. The van der Waals surface area contributed by atoms with E-state index in [0.29, 0.717) is 16.6 Å². The summed E-state index contributed by atoms with van der Waals surface area (Å²) in [5.74, 6) is 0.481. The molecule has 1 aliphatic rings. The summed E-state index contributed by atoms with van der Waals surface area (Å²) >= 11 is 5.84. The predicted octanol–water partition coefficient (Wildman–Crippen LogP) is 1.72. The molecule has 2 heterocycles. The van der Waals surface area contributed by atoms with E-state index in [4.69, 9.17) is 11.6 Å². The summed E-state index contributed by atoms with van der Waals surface area (Å²) in [6, 6.07) is 3.35. The van der Waals surface area contributed by atoms with Gasteiger partial charge in [-0.2, -0.15) is 0 Å². The van der Waals surface area contributed by atoms with E-state index in [1.54, 1.807) is 12.1 Å². The van der Waals surface area contributed by atoms with Gasteiger partial charge in [0, 0.05) is 24.3 Å². The van der Waals surface area contributed by atoms with Crippen LogP contribution in [0.4, 0.5) is 0 Å². The average Bonchev–Trinajstić information content (AvgIpc) is 2.70. The maximum atomic E-state index is 12.0. The van der Waals surface area contributed by atoms with Gasteiger partial charge >= 0.3 is 0 Å². The third kappa shape index (κ3) is 3.43. The van der Waals surface area contributed by atoms with Crippen LogP contribution in [0.2, 0.25) is 5.15 Å². The van der Waals surface area contributed by atoms with E-state index in [9.17, 15) is 4.79 Å². The Morgan fingerprint density at radius 3 is 3.00 bits per heavy atom. The van der Waals surface area contributed by atoms with Crippen LogP contribution >= 0.6 is 11.6 Å². The molecule has 4 nitrogen and oxygen atoms in total. The highest BCUT2D eigenvalue weighted by Crippen LogP contribution is 2.14. The van der Waals surface area contributed by atoms with E-state index in [1.807, 2.05) is 6.92 Å². The summed E-state index contributed by atoms with van der Waals surface area (Å²) in [7, 11) is 2.10. The molecule has 1 atom stereocenters. The van der Waals surface area contributed by atoms with Crippen molar-refractivity contribution in [3.8, 4) is 0 Å².